The summed E-state index contributed by atoms with van der Waals surface area (Å²) >= 11 is 0. The van der Waals surface area contributed by atoms with Crippen molar-refractivity contribution in [3.63, 3.8) is 0 Å². The summed E-state index contributed by atoms with van der Waals surface area (Å²) in [6, 6.07) is 24.1. The molecule has 154 valence electrons. The summed E-state index contributed by atoms with van der Waals surface area (Å²) in [6.45, 7) is 0.585. The minimum atomic E-state index is -0.780. The molecule has 0 N–H and O–H groups in total. The molecule has 0 fully saturated rings. The summed E-state index contributed by atoms with van der Waals surface area (Å²) in [5.74, 6) is -0.505. The second kappa shape index (κ2) is 8.62. The van der Waals surface area contributed by atoms with Gasteiger partial charge in [0.2, 0.25) is 0 Å². The molecule has 31 heavy (non-hydrogen) atoms. The lowest BCUT2D eigenvalue weighted by atomic mass is 10.1. The molecule has 4 aromatic rings. The third-order valence-electron chi connectivity index (χ3n) is 4.88. The van der Waals surface area contributed by atoms with E-state index in [9.17, 15) is 19.7 Å². The van der Waals surface area contributed by atoms with Crippen molar-refractivity contribution in [2.45, 2.75) is 13.1 Å². The predicted molar refractivity (Wildman–Crippen MR) is 116 cm³/mol. The van der Waals surface area contributed by atoms with Crippen LogP contribution in [0.5, 0.6) is 0 Å². The van der Waals surface area contributed by atoms with E-state index in [0.29, 0.717) is 18.5 Å². The molecule has 0 aliphatic rings. The maximum atomic E-state index is 13.4. The summed E-state index contributed by atoms with van der Waals surface area (Å²) < 4.78 is 5.27. The van der Waals surface area contributed by atoms with Crippen molar-refractivity contribution in [2.75, 3.05) is 0 Å². The number of nitrogens with zero attached hydrogens (tertiary/aromatic N) is 2. The van der Waals surface area contributed by atoms with E-state index in [1.807, 2.05) is 60.7 Å². The number of rotatable bonds is 6. The summed E-state index contributed by atoms with van der Waals surface area (Å²) in [5, 5.41) is 11.4. The smallest absolute Gasteiger partial charge is 0.349 e. The summed E-state index contributed by atoms with van der Waals surface area (Å²) in [4.78, 5) is 38.0. The standard InChI is InChI=1S/C24H18N2O5/c27-23(21-14-19-13-20(26(29)30)11-12-22(19)31-24(21)28)25(15-17-7-3-1-4-8-17)16-18-9-5-2-6-10-18/h1-14H,15-16H2. The maximum absolute atomic E-state index is 13.4. The molecule has 1 heterocycles. The van der Waals surface area contributed by atoms with Crippen LogP contribution in [0.2, 0.25) is 0 Å². The van der Waals surface area contributed by atoms with Crippen molar-refractivity contribution in [1.29, 1.82) is 0 Å². The number of hydrogen-bond acceptors (Lipinski definition) is 5. The maximum Gasteiger partial charge on any atom is 0.349 e. The molecule has 3 aromatic carbocycles. The monoisotopic (exact) mass is 414 g/mol. The zero-order chi connectivity index (χ0) is 21.8. The number of carbonyl (C=O) groups is 1. The first kappa shape index (κ1) is 20.0. The molecule has 0 bridgehead atoms. The van der Waals surface area contributed by atoms with Crippen LogP contribution in [0.1, 0.15) is 21.5 Å². The van der Waals surface area contributed by atoms with Crippen LogP contribution in [0, 0.1) is 10.1 Å². The summed E-state index contributed by atoms with van der Waals surface area (Å²) in [6.07, 6.45) is 0. The number of hydrogen-bond donors (Lipinski definition) is 0. The molecule has 0 spiro atoms. The lowest BCUT2D eigenvalue weighted by Crippen LogP contribution is -2.33. The van der Waals surface area contributed by atoms with Crippen molar-refractivity contribution in [2.24, 2.45) is 0 Å². The fourth-order valence-corrected chi connectivity index (χ4v) is 3.35. The molecule has 0 aliphatic heterocycles. The van der Waals surface area contributed by atoms with Gasteiger partial charge in [-0.05, 0) is 23.3 Å². The highest BCUT2D eigenvalue weighted by Crippen LogP contribution is 2.22. The largest absolute Gasteiger partial charge is 0.422 e. The second-order valence-electron chi connectivity index (χ2n) is 7.06. The highest BCUT2D eigenvalue weighted by Gasteiger charge is 2.22. The highest BCUT2D eigenvalue weighted by molar-refractivity contribution is 5.97. The molecule has 1 amide bonds. The van der Waals surface area contributed by atoms with Gasteiger partial charge in [-0.1, -0.05) is 60.7 Å². The Kier molecular flexibility index (Phi) is 5.57. The van der Waals surface area contributed by atoms with E-state index in [-0.39, 0.29) is 16.8 Å². The molecule has 0 radical (unpaired) electrons. The van der Waals surface area contributed by atoms with E-state index >= 15 is 0 Å². The van der Waals surface area contributed by atoms with Gasteiger partial charge in [-0.15, -0.1) is 0 Å². The number of nitro benzene ring substituents is 1. The van der Waals surface area contributed by atoms with E-state index in [2.05, 4.69) is 0 Å². The van der Waals surface area contributed by atoms with Gasteiger partial charge < -0.3 is 9.32 Å². The van der Waals surface area contributed by atoms with Gasteiger partial charge in [0, 0.05) is 30.6 Å². The van der Waals surface area contributed by atoms with E-state index in [0.717, 1.165) is 11.1 Å². The molecule has 0 aliphatic carbocycles. The SMILES string of the molecule is O=C(c1cc2cc([N+](=O)[O-])ccc2oc1=O)N(Cc1ccccc1)Cc1ccccc1. The van der Waals surface area contributed by atoms with Gasteiger partial charge in [-0.2, -0.15) is 0 Å². The van der Waals surface area contributed by atoms with E-state index in [1.165, 1.54) is 24.3 Å². The van der Waals surface area contributed by atoms with Gasteiger partial charge in [-0.25, -0.2) is 4.79 Å². The zero-order valence-electron chi connectivity index (χ0n) is 16.4. The molecule has 7 heteroatoms. The Labute approximate surface area is 177 Å². The normalized spacial score (nSPS) is 10.7. The Balaban J connectivity index is 1.74. The number of benzene rings is 3. The molecule has 7 nitrogen and oxygen atoms in total. The number of amides is 1. The minimum Gasteiger partial charge on any atom is -0.422 e. The average Bonchev–Trinajstić information content (AvgIpc) is 2.79. The fourth-order valence-electron chi connectivity index (χ4n) is 3.35. The van der Waals surface area contributed by atoms with Gasteiger partial charge in [0.1, 0.15) is 11.1 Å². The molecular weight excluding hydrogens is 396 g/mol. The second-order valence-corrected chi connectivity index (χ2v) is 7.06. The van der Waals surface area contributed by atoms with Crippen LogP contribution >= 0.6 is 0 Å². The Morgan fingerprint density at radius 2 is 1.45 bits per heavy atom. The van der Waals surface area contributed by atoms with Crippen LogP contribution in [-0.4, -0.2) is 15.7 Å². The van der Waals surface area contributed by atoms with Crippen molar-refractivity contribution in [1.82, 2.24) is 4.90 Å². The molecule has 0 unspecified atom stereocenters. The Morgan fingerprint density at radius 3 is 2.00 bits per heavy atom. The lowest BCUT2D eigenvalue weighted by Gasteiger charge is -2.23. The van der Waals surface area contributed by atoms with Crippen molar-refractivity contribution in [3.05, 3.63) is 122 Å². The third kappa shape index (κ3) is 4.51. The molecule has 0 atom stereocenters. The van der Waals surface area contributed by atoms with E-state index in [4.69, 9.17) is 4.42 Å². The summed E-state index contributed by atoms with van der Waals surface area (Å²) in [5.41, 5.74) is 0.910. The molecule has 4 rings (SSSR count). The average molecular weight is 414 g/mol. The van der Waals surface area contributed by atoms with Crippen LogP contribution in [0.4, 0.5) is 5.69 Å². The van der Waals surface area contributed by atoms with Crippen LogP contribution < -0.4 is 5.63 Å². The van der Waals surface area contributed by atoms with Crippen molar-refractivity contribution < 1.29 is 14.1 Å². The van der Waals surface area contributed by atoms with Gasteiger partial charge in [0.15, 0.2) is 0 Å². The Morgan fingerprint density at radius 1 is 0.871 bits per heavy atom. The van der Waals surface area contributed by atoms with E-state index < -0.39 is 16.5 Å². The first-order valence-corrected chi connectivity index (χ1v) is 9.61. The van der Waals surface area contributed by atoms with Crippen LogP contribution in [-0.2, 0) is 13.1 Å². The fraction of sp³-hybridized carbons (Fsp3) is 0.0833. The molecule has 1 aromatic heterocycles. The number of fused-ring (bicyclic) bond motifs is 1. The molecular formula is C24H18N2O5. The Hall–Kier alpha value is -4.26. The predicted octanol–water partition coefficient (Wildman–Crippen LogP) is 4.54. The van der Waals surface area contributed by atoms with Crippen LogP contribution in [0.25, 0.3) is 11.0 Å². The van der Waals surface area contributed by atoms with Crippen LogP contribution in [0.3, 0.4) is 0 Å². The van der Waals surface area contributed by atoms with Gasteiger partial charge in [0.25, 0.3) is 11.6 Å². The quantitative estimate of drug-likeness (QED) is 0.262. The van der Waals surface area contributed by atoms with E-state index in [1.54, 1.807) is 4.90 Å². The minimum absolute atomic E-state index is 0.148. The van der Waals surface area contributed by atoms with Gasteiger partial charge >= 0.3 is 5.63 Å². The van der Waals surface area contributed by atoms with Crippen molar-refractivity contribution in [3.8, 4) is 0 Å². The molecule has 0 saturated carbocycles. The van der Waals surface area contributed by atoms with Gasteiger partial charge in [-0.3, -0.25) is 14.9 Å². The van der Waals surface area contributed by atoms with Crippen molar-refractivity contribution >= 4 is 22.6 Å². The number of carbonyl (C=O) groups excluding carboxylic acids is 1. The van der Waals surface area contributed by atoms with Gasteiger partial charge in [0.05, 0.1) is 4.92 Å². The first-order valence-electron chi connectivity index (χ1n) is 9.61. The zero-order valence-corrected chi connectivity index (χ0v) is 16.4. The third-order valence-corrected chi connectivity index (χ3v) is 4.88. The Bertz CT molecular complexity index is 1260. The molecule has 0 saturated heterocycles. The van der Waals surface area contributed by atoms with Crippen LogP contribution in [0.15, 0.2) is 94.1 Å². The topological polar surface area (TPSA) is 93.7 Å². The number of non-ortho nitro benzene ring substituents is 1. The lowest BCUT2D eigenvalue weighted by molar-refractivity contribution is -0.384. The highest BCUT2D eigenvalue weighted by atomic mass is 16.6. The number of nitro groups is 1. The first-order chi connectivity index (χ1) is 15.0. The summed E-state index contributed by atoms with van der Waals surface area (Å²) in [7, 11) is 0.